The molecule has 0 bridgehead atoms. The molecule has 0 spiro atoms. The van der Waals surface area contributed by atoms with Gasteiger partial charge < -0.3 is 14.2 Å². The molecule has 104 valence electrons. The summed E-state index contributed by atoms with van der Waals surface area (Å²) >= 11 is 0. The monoisotopic (exact) mass is 254 g/mol. The van der Waals surface area contributed by atoms with Crippen LogP contribution < -0.4 is 0 Å². The highest BCUT2D eigenvalue weighted by molar-refractivity contribution is 5.02. The van der Waals surface area contributed by atoms with Gasteiger partial charge in [-0.2, -0.15) is 0 Å². The third-order valence-corrected chi connectivity index (χ3v) is 3.95. The number of hydrogen-bond donors (Lipinski definition) is 0. The van der Waals surface area contributed by atoms with E-state index in [-0.39, 0.29) is 11.4 Å². The number of rotatable bonds is 6. The lowest BCUT2D eigenvalue weighted by molar-refractivity contribution is -0.145. The molecular weight excluding hydrogens is 228 g/mol. The Morgan fingerprint density at radius 2 is 1.83 bits per heavy atom. The second-order valence-electron chi connectivity index (χ2n) is 6.17. The van der Waals surface area contributed by atoms with E-state index in [0.29, 0.717) is 6.10 Å². The van der Waals surface area contributed by atoms with Crippen LogP contribution in [0.5, 0.6) is 0 Å². The van der Waals surface area contributed by atoms with E-state index in [1.54, 1.807) is 0 Å². The van der Waals surface area contributed by atoms with Gasteiger partial charge in [-0.1, -0.05) is 11.6 Å². The first-order chi connectivity index (χ1) is 8.41. The van der Waals surface area contributed by atoms with E-state index in [0.717, 1.165) is 38.9 Å². The minimum absolute atomic E-state index is 0.124. The van der Waals surface area contributed by atoms with E-state index in [4.69, 9.17) is 14.2 Å². The van der Waals surface area contributed by atoms with E-state index < -0.39 is 0 Å². The minimum Gasteiger partial charge on any atom is -0.367 e. The molecule has 1 atom stereocenters. The van der Waals surface area contributed by atoms with Crippen molar-refractivity contribution in [3.05, 3.63) is 11.6 Å². The van der Waals surface area contributed by atoms with Crippen LogP contribution in [0.3, 0.4) is 0 Å². The van der Waals surface area contributed by atoms with E-state index in [1.807, 2.05) is 6.92 Å². The summed E-state index contributed by atoms with van der Waals surface area (Å²) < 4.78 is 16.8. The fourth-order valence-corrected chi connectivity index (χ4v) is 2.48. The second kappa shape index (κ2) is 5.32. The van der Waals surface area contributed by atoms with E-state index in [9.17, 15) is 0 Å². The first-order valence-corrected chi connectivity index (χ1v) is 7.03. The van der Waals surface area contributed by atoms with Crippen LogP contribution in [-0.2, 0) is 14.2 Å². The maximum absolute atomic E-state index is 5.59. The molecule has 0 unspecified atom stereocenters. The van der Waals surface area contributed by atoms with Gasteiger partial charge in [-0.15, -0.1) is 0 Å². The largest absolute Gasteiger partial charge is 0.367 e. The summed E-state index contributed by atoms with van der Waals surface area (Å²) in [6.07, 6.45) is 7.00. The van der Waals surface area contributed by atoms with Gasteiger partial charge in [0.05, 0.1) is 24.9 Å². The Bertz CT molecular complexity index is 314. The van der Waals surface area contributed by atoms with Crippen LogP contribution in [0, 0.1) is 0 Å². The molecule has 2 fully saturated rings. The van der Waals surface area contributed by atoms with Crippen LogP contribution in [0.1, 0.15) is 53.4 Å². The molecule has 18 heavy (non-hydrogen) atoms. The van der Waals surface area contributed by atoms with E-state index >= 15 is 0 Å². The molecule has 3 nitrogen and oxygen atoms in total. The molecule has 0 N–H and O–H groups in total. The zero-order valence-corrected chi connectivity index (χ0v) is 12.1. The molecule has 2 aliphatic heterocycles. The molecule has 0 aromatic heterocycles. The molecule has 2 heterocycles. The molecule has 0 aromatic carbocycles. The smallest absolute Gasteiger partial charge is 0.166 e. The maximum atomic E-state index is 5.59. The molecule has 3 heteroatoms. The highest BCUT2D eigenvalue weighted by Gasteiger charge is 2.46. The van der Waals surface area contributed by atoms with Gasteiger partial charge >= 0.3 is 0 Å². The van der Waals surface area contributed by atoms with Gasteiger partial charge in [0.15, 0.2) is 5.79 Å². The van der Waals surface area contributed by atoms with Crippen molar-refractivity contribution in [3.63, 3.8) is 0 Å². The van der Waals surface area contributed by atoms with Crippen LogP contribution >= 0.6 is 0 Å². The van der Waals surface area contributed by atoms with Crippen molar-refractivity contribution in [1.82, 2.24) is 0 Å². The fourth-order valence-electron chi connectivity index (χ4n) is 2.48. The van der Waals surface area contributed by atoms with Gasteiger partial charge in [0, 0.05) is 6.42 Å². The molecule has 0 amide bonds. The predicted octanol–water partition coefficient (Wildman–Crippen LogP) is 3.43. The van der Waals surface area contributed by atoms with Crippen molar-refractivity contribution < 1.29 is 14.2 Å². The van der Waals surface area contributed by atoms with Gasteiger partial charge in [0.1, 0.15) is 0 Å². The normalized spacial score (nSPS) is 29.6. The summed E-state index contributed by atoms with van der Waals surface area (Å²) in [7, 11) is 0. The predicted molar refractivity (Wildman–Crippen MR) is 71.5 cm³/mol. The molecule has 0 radical (unpaired) electrons. The fraction of sp³-hybridized carbons (Fsp3) is 0.867. The number of ether oxygens (including phenoxy) is 3. The Kier molecular flexibility index (Phi) is 4.15. The molecule has 2 rings (SSSR count). The quantitative estimate of drug-likeness (QED) is 0.537. The van der Waals surface area contributed by atoms with Crippen molar-refractivity contribution in [1.29, 1.82) is 0 Å². The summed E-state index contributed by atoms with van der Waals surface area (Å²) in [4.78, 5) is 0. The average molecular weight is 254 g/mol. The maximum Gasteiger partial charge on any atom is 0.166 e. The van der Waals surface area contributed by atoms with Crippen molar-refractivity contribution >= 4 is 0 Å². The minimum atomic E-state index is -0.349. The van der Waals surface area contributed by atoms with Crippen LogP contribution in [-0.4, -0.2) is 30.7 Å². The summed E-state index contributed by atoms with van der Waals surface area (Å²) in [5, 5.41) is 0. The van der Waals surface area contributed by atoms with E-state index in [1.165, 1.54) is 5.57 Å². The zero-order chi connectivity index (χ0) is 13.2. The van der Waals surface area contributed by atoms with Crippen LogP contribution in [0.25, 0.3) is 0 Å². The van der Waals surface area contributed by atoms with Crippen molar-refractivity contribution in [3.8, 4) is 0 Å². The zero-order valence-electron chi connectivity index (χ0n) is 12.1. The molecule has 2 aliphatic rings. The lowest BCUT2D eigenvalue weighted by atomic mass is 10.0. The van der Waals surface area contributed by atoms with Crippen LogP contribution in [0.15, 0.2) is 11.6 Å². The SMILES string of the molecule is C/C(=C\CCC1(C)OCCO1)CC[C@@H]1OC1(C)C. The topological polar surface area (TPSA) is 31.0 Å². The molecular formula is C15H26O3. The van der Waals surface area contributed by atoms with Crippen molar-refractivity contribution in [2.75, 3.05) is 13.2 Å². The van der Waals surface area contributed by atoms with Gasteiger partial charge in [0.25, 0.3) is 0 Å². The molecule has 2 saturated heterocycles. The Morgan fingerprint density at radius 1 is 1.22 bits per heavy atom. The number of epoxide rings is 1. The average Bonchev–Trinajstić information content (AvgIpc) is 2.69. The Labute approximate surface area is 110 Å². The third kappa shape index (κ3) is 3.81. The summed E-state index contributed by atoms with van der Waals surface area (Å²) in [6, 6.07) is 0. The van der Waals surface area contributed by atoms with Gasteiger partial charge in [-0.05, 0) is 47.0 Å². The van der Waals surface area contributed by atoms with Crippen LogP contribution in [0.2, 0.25) is 0 Å². The van der Waals surface area contributed by atoms with Gasteiger partial charge in [0.2, 0.25) is 0 Å². The lowest BCUT2D eigenvalue weighted by Gasteiger charge is -2.21. The van der Waals surface area contributed by atoms with Gasteiger partial charge in [-0.25, -0.2) is 0 Å². The standard InChI is InChI=1S/C15H26O3/c1-12(7-8-13-14(2,3)18-13)6-5-9-15(4)16-10-11-17-15/h6,13H,5,7-11H2,1-4H3/b12-6+/t13-/m0/s1. The van der Waals surface area contributed by atoms with E-state index in [2.05, 4.69) is 26.8 Å². The number of allylic oxidation sites excluding steroid dienone is 2. The van der Waals surface area contributed by atoms with Crippen molar-refractivity contribution in [2.45, 2.75) is 70.9 Å². The summed E-state index contributed by atoms with van der Waals surface area (Å²) in [6.45, 7) is 10.0. The second-order valence-corrected chi connectivity index (χ2v) is 6.17. The Hall–Kier alpha value is -0.380. The Morgan fingerprint density at radius 3 is 2.39 bits per heavy atom. The highest BCUT2D eigenvalue weighted by atomic mass is 16.7. The molecule has 0 aromatic rings. The van der Waals surface area contributed by atoms with Gasteiger partial charge in [-0.3, -0.25) is 0 Å². The third-order valence-electron chi connectivity index (χ3n) is 3.95. The Balaban J connectivity index is 1.63. The van der Waals surface area contributed by atoms with Crippen molar-refractivity contribution in [2.24, 2.45) is 0 Å². The summed E-state index contributed by atoms with van der Waals surface area (Å²) in [5.41, 5.74) is 1.57. The van der Waals surface area contributed by atoms with Crippen LogP contribution in [0.4, 0.5) is 0 Å². The first kappa shape index (κ1) is 14.0. The first-order valence-electron chi connectivity index (χ1n) is 7.03. The lowest BCUT2D eigenvalue weighted by Crippen LogP contribution is -2.24. The molecule has 0 saturated carbocycles. The highest BCUT2D eigenvalue weighted by Crippen LogP contribution is 2.39. The number of hydrogen-bond acceptors (Lipinski definition) is 3. The summed E-state index contributed by atoms with van der Waals surface area (Å²) in [5.74, 6) is -0.349. The molecule has 0 aliphatic carbocycles.